The summed E-state index contributed by atoms with van der Waals surface area (Å²) in [6.07, 6.45) is 0. The van der Waals surface area contributed by atoms with Crippen molar-refractivity contribution >= 4 is 20.9 Å². The van der Waals surface area contributed by atoms with Gasteiger partial charge in [-0.1, -0.05) is 44.2 Å². The number of aromatic nitrogens is 1. The summed E-state index contributed by atoms with van der Waals surface area (Å²) in [5, 5.41) is 0.917. The number of fused-ring (bicyclic) bond motifs is 1. The van der Waals surface area contributed by atoms with Gasteiger partial charge >= 0.3 is 0 Å². The van der Waals surface area contributed by atoms with Crippen molar-refractivity contribution < 1.29 is 13.2 Å². The largest absolute Gasteiger partial charge is 0.481 e. The van der Waals surface area contributed by atoms with E-state index in [9.17, 15) is 8.42 Å². The van der Waals surface area contributed by atoms with Gasteiger partial charge < -0.3 is 9.64 Å². The van der Waals surface area contributed by atoms with E-state index in [-0.39, 0.29) is 4.90 Å². The van der Waals surface area contributed by atoms with E-state index in [2.05, 4.69) is 30.7 Å². The van der Waals surface area contributed by atoms with Crippen molar-refractivity contribution in [2.75, 3.05) is 40.3 Å². The molecular formula is C24H31N3O3S. The quantitative estimate of drug-likeness (QED) is 0.583. The number of piperazine rings is 1. The fourth-order valence-corrected chi connectivity index (χ4v) is 5.72. The molecule has 1 aliphatic heterocycles. The van der Waals surface area contributed by atoms with Gasteiger partial charge in [0.05, 0.1) is 17.5 Å². The van der Waals surface area contributed by atoms with Crippen molar-refractivity contribution in [3.8, 4) is 5.88 Å². The van der Waals surface area contributed by atoms with Crippen LogP contribution >= 0.6 is 0 Å². The summed E-state index contributed by atoms with van der Waals surface area (Å²) in [5.41, 5.74) is 2.68. The van der Waals surface area contributed by atoms with Crippen LogP contribution in [0.25, 0.3) is 10.9 Å². The average Bonchev–Trinajstić information content (AvgIpc) is 3.09. The molecule has 0 N–H and O–H groups in total. The van der Waals surface area contributed by atoms with Gasteiger partial charge in [-0.3, -0.25) is 4.90 Å². The van der Waals surface area contributed by atoms with Gasteiger partial charge in [0.15, 0.2) is 0 Å². The lowest BCUT2D eigenvalue weighted by Crippen LogP contribution is -2.43. The number of nitrogens with zero attached hydrogens (tertiary/aromatic N) is 3. The first-order chi connectivity index (χ1) is 14.8. The Morgan fingerprint density at radius 1 is 0.968 bits per heavy atom. The van der Waals surface area contributed by atoms with Crippen LogP contribution in [0.15, 0.2) is 53.4 Å². The molecule has 2 aromatic carbocycles. The number of ether oxygens (including phenoxy) is 1. The van der Waals surface area contributed by atoms with Crippen molar-refractivity contribution in [1.82, 2.24) is 13.8 Å². The smallest absolute Gasteiger partial charge is 0.271 e. The highest BCUT2D eigenvalue weighted by Crippen LogP contribution is 2.36. The first kappa shape index (κ1) is 21.9. The van der Waals surface area contributed by atoms with Crippen LogP contribution in [0.5, 0.6) is 5.88 Å². The molecule has 2 heterocycles. The molecule has 31 heavy (non-hydrogen) atoms. The molecule has 0 amide bonds. The zero-order chi connectivity index (χ0) is 22.2. The Balaban J connectivity index is 1.82. The van der Waals surface area contributed by atoms with Gasteiger partial charge in [-0.2, -0.15) is 0 Å². The third kappa shape index (κ3) is 4.10. The van der Waals surface area contributed by atoms with E-state index >= 15 is 0 Å². The molecule has 0 spiro atoms. The minimum Gasteiger partial charge on any atom is -0.481 e. The highest BCUT2D eigenvalue weighted by molar-refractivity contribution is 7.90. The topological polar surface area (TPSA) is 54.8 Å². The second-order valence-electron chi connectivity index (χ2n) is 8.58. The van der Waals surface area contributed by atoms with Crippen LogP contribution in [-0.4, -0.2) is 62.5 Å². The van der Waals surface area contributed by atoms with Gasteiger partial charge in [0.1, 0.15) is 0 Å². The molecule has 1 aromatic heterocycles. The molecule has 6 nitrogen and oxygen atoms in total. The summed E-state index contributed by atoms with van der Waals surface area (Å²) >= 11 is 0. The standard InChI is InChI=1S/C24H31N3O3S/c1-18(2)19-9-11-20(12-10-19)31(28,29)27-23-8-6-5-7-21(23)22(24(27)30-4)17-26-15-13-25(3)14-16-26/h5-12,18H,13-17H2,1-4H3. The van der Waals surface area contributed by atoms with Crippen LogP contribution in [0.1, 0.15) is 30.9 Å². The van der Waals surface area contributed by atoms with Gasteiger partial charge in [0, 0.05) is 43.7 Å². The van der Waals surface area contributed by atoms with E-state index in [0.29, 0.717) is 23.9 Å². The van der Waals surface area contributed by atoms with E-state index in [1.807, 2.05) is 36.4 Å². The summed E-state index contributed by atoms with van der Waals surface area (Å²) in [7, 11) is -0.138. The molecular weight excluding hydrogens is 410 g/mol. The SMILES string of the molecule is COc1c(CN2CCN(C)CC2)c2ccccc2n1S(=O)(=O)c1ccc(C(C)C)cc1. The maximum absolute atomic E-state index is 13.7. The summed E-state index contributed by atoms with van der Waals surface area (Å²) in [6, 6.07) is 14.8. The van der Waals surface area contributed by atoms with Crippen LogP contribution in [-0.2, 0) is 16.6 Å². The Morgan fingerprint density at radius 2 is 1.61 bits per heavy atom. The maximum Gasteiger partial charge on any atom is 0.271 e. The van der Waals surface area contributed by atoms with Crippen molar-refractivity contribution in [1.29, 1.82) is 0 Å². The van der Waals surface area contributed by atoms with Crippen molar-refractivity contribution in [2.45, 2.75) is 31.2 Å². The number of rotatable bonds is 6. The second-order valence-corrected chi connectivity index (χ2v) is 10.4. The van der Waals surface area contributed by atoms with E-state index < -0.39 is 10.0 Å². The highest BCUT2D eigenvalue weighted by Gasteiger charge is 2.29. The molecule has 0 saturated carbocycles. The minimum absolute atomic E-state index is 0.266. The zero-order valence-electron chi connectivity index (χ0n) is 18.7. The Morgan fingerprint density at radius 3 is 2.23 bits per heavy atom. The van der Waals surface area contributed by atoms with Crippen molar-refractivity contribution in [3.63, 3.8) is 0 Å². The average molecular weight is 442 g/mol. The Bertz CT molecular complexity index is 1160. The number of likely N-dealkylation sites (N-methyl/N-ethyl adjacent to an activating group) is 1. The third-order valence-electron chi connectivity index (χ3n) is 6.15. The van der Waals surface area contributed by atoms with Gasteiger partial charge in [0.2, 0.25) is 5.88 Å². The molecule has 0 bridgehead atoms. The number of hydrogen-bond donors (Lipinski definition) is 0. The molecule has 1 aliphatic rings. The Labute approximate surface area is 185 Å². The Hall–Kier alpha value is -2.35. The first-order valence-electron chi connectivity index (χ1n) is 10.8. The van der Waals surface area contributed by atoms with E-state index in [1.54, 1.807) is 19.2 Å². The summed E-state index contributed by atoms with van der Waals surface area (Å²) in [5.74, 6) is 0.738. The van der Waals surface area contributed by atoms with Gasteiger partial charge in [-0.05, 0) is 36.7 Å². The number of hydrogen-bond acceptors (Lipinski definition) is 5. The fourth-order valence-electron chi connectivity index (χ4n) is 4.21. The lowest BCUT2D eigenvalue weighted by atomic mass is 10.0. The molecule has 1 saturated heterocycles. The van der Waals surface area contributed by atoms with Crippen LogP contribution < -0.4 is 4.74 Å². The van der Waals surface area contributed by atoms with Crippen LogP contribution in [0, 0.1) is 0 Å². The monoisotopic (exact) mass is 441 g/mol. The van der Waals surface area contributed by atoms with Crippen LogP contribution in [0.4, 0.5) is 0 Å². The predicted molar refractivity (Wildman–Crippen MR) is 124 cm³/mol. The maximum atomic E-state index is 13.7. The summed E-state index contributed by atoms with van der Waals surface area (Å²) < 4.78 is 34.6. The first-order valence-corrected chi connectivity index (χ1v) is 12.2. The van der Waals surface area contributed by atoms with Gasteiger partial charge in [-0.25, -0.2) is 12.4 Å². The normalized spacial score (nSPS) is 16.3. The molecule has 1 fully saturated rings. The second kappa shape index (κ2) is 8.65. The minimum atomic E-state index is -3.81. The molecule has 4 rings (SSSR count). The van der Waals surface area contributed by atoms with Crippen LogP contribution in [0.2, 0.25) is 0 Å². The highest BCUT2D eigenvalue weighted by atomic mass is 32.2. The van der Waals surface area contributed by atoms with E-state index in [0.717, 1.165) is 42.7 Å². The van der Waals surface area contributed by atoms with Crippen LogP contribution in [0.3, 0.4) is 0 Å². The molecule has 166 valence electrons. The van der Waals surface area contributed by atoms with E-state index in [4.69, 9.17) is 4.74 Å². The lowest BCUT2D eigenvalue weighted by Gasteiger charge is -2.32. The van der Waals surface area contributed by atoms with E-state index in [1.165, 1.54) is 3.97 Å². The summed E-state index contributed by atoms with van der Waals surface area (Å²) in [4.78, 5) is 4.93. The molecule has 0 radical (unpaired) electrons. The lowest BCUT2D eigenvalue weighted by molar-refractivity contribution is 0.147. The third-order valence-corrected chi connectivity index (χ3v) is 7.86. The summed E-state index contributed by atoms with van der Waals surface area (Å²) in [6.45, 7) is 8.74. The molecule has 0 aliphatic carbocycles. The van der Waals surface area contributed by atoms with Crippen molar-refractivity contribution in [2.24, 2.45) is 0 Å². The molecule has 0 atom stereocenters. The fraction of sp³-hybridized carbons (Fsp3) is 0.417. The number of benzene rings is 2. The molecule has 0 unspecified atom stereocenters. The number of methoxy groups -OCH3 is 1. The van der Waals surface area contributed by atoms with Crippen molar-refractivity contribution in [3.05, 3.63) is 59.7 Å². The zero-order valence-corrected chi connectivity index (χ0v) is 19.5. The predicted octanol–water partition coefficient (Wildman–Crippen LogP) is 3.76. The van der Waals surface area contributed by atoms with Gasteiger partial charge in [-0.15, -0.1) is 0 Å². The number of para-hydroxylation sites is 1. The molecule has 7 heteroatoms. The molecule has 3 aromatic rings. The Kier molecular flexibility index (Phi) is 6.10. The van der Waals surface area contributed by atoms with Gasteiger partial charge in [0.25, 0.3) is 10.0 Å².